The predicted octanol–water partition coefficient (Wildman–Crippen LogP) is 1.77. The maximum absolute atomic E-state index is 12.7. The number of hydrogen-bond acceptors (Lipinski definition) is 5. The number of halogens is 3. The van der Waals surface area contributed by atoms with Gasteiger partial charge in [-0.3, -0.25) is 9.59 Å². The zero-order valence-electron chi connectivity index (χ0n) is 12.9. The minimum absolute atomic E-state index is 0.217. The van der Waals surface area contributed by atoms with Crippen LogP contribution in [0.4, 0.5) is 18.3 Å². The zero-order valence-corrected chi connectivity index (χ0v) is 13.7. The van der Waals surface area contributed by atoms with Crippen molar-refractivity contribution in [2.24, 2.45) is 5.73 Å². The number of nitrogens with zero attached hydrogens (tertiary/aromatic N) is 1. The molecule has 2 amide bonds. The van der Waals surface area contributed by atoms with E-state index in [9.17, 15) is 22.8 Å². The molecule has 0 fully saturated rings. The van der Waals surface area contributed by atoms with Gasteiger partial charge in [0.2, 0.25) is 11.8 Å². The Balaban J connectivity index is 1.95. The molecule has 0 atom stereocenters. The highest BCUT2D eigenvalue weighted by Crippen LogP contribution is 2.30. The minimum Gasteiger partial charge on any atom is -0.346 e. The number of carbonyl (C=O) groups is 2. The third-order valence-corrected chi connectivity index (χ3v) is 3.98. The second-order valence-corrected chi connectivity index (χ2v) is 6.15. The number of anilines is 1. The van der Waals surface area contributed by atoms with Crippen molar-refractivity contribution in [3.05, 3.63) is 46.5 Å². The fraction of sp³-hybridized carbons (Fsp3) is 0.267. The number of alkyl halides is 3. The monoisotopic (exact) mass is 372 g/mol. The molecule has 2 aromatic rings. The first kappa shape index (κ1) is 18.9. The molecule has 25 heavy (non-hydrogen) atoms. The summed E-state index contributed by atoms with van der Waals surface area (Å²) in [6.45, 7) is -0.454. The second-order valence-electron chi connectivity index (χ2n) is 5.04. The largest absolute Gasteiger partial charge is 0.416 e. The molecule has 10 heteroatoms. The zero-order chi connectivity index (χ0) is 18.4. The molecule has 4 N–H and O–H groups in total. The van der Waals surface area contributed by atoms with Crippen LogP contribution in [0.15, 0.2) is 30.5 Å². The Morgan fingerprint density at radius 3 is 2.68 bits per heavy atom. The van der Waals surface area contributed by atoms with Crippen molar-refractivity contribution < 1.29 is 22.8 Å². The Labute approximate surface area is 145 Å². The summed E-state index contributed by atoms with van der Waals surface area (Å²) in [5.41, 5.74) is 4.88. The van der Waals surface area contributed by atoms with E-state index in [1.54, 1.807) is 6.07 Å². The number of carbonyl (C=O) groups excluding carboxylic acids is 2. The first-order valence-corrected chi connectivity index (χ1v) is 7.97. The van der Waals surface area contributed by atoms with Crippen molar-refractivity contribution in [2.45, 2.75) is 12.6 Å². The van der Waals surface area contributed by atoms with Crippen LogP contribution in [0.25, 0.3) is 0 Å². The van der Waals surface area contributed by atoms with E-state index in [4.69, 9.17) is 5.73 Å². The molecule has 6 nitrogen and oxygen atoms in total. The lowest BCUT2D eigenvalue weighted by atomic mass is 10.1. The van der Waals surface area contributed by atoms with Crippen molar-refractivity contribution in [2.75, 3.05) is 18.4 Å². The summed E-state index contributed by atoms with van der Waals surface area (Å²) in [5.74, 6) is -0.929. The highest BCUT2D eigenvalue weighted by Gasteiger charge is 2.30. The summed E-state index contributed by atoms with van der Waals surface area (Å²) in [6, 6.07) is 5.04. The number of thiazole rings is 1. The van der Waals surface area contributed by atoms with Crippen LogP contribution in [0.3, 0.4) is 0 Å². The molecule has 0 radical (unpaired) electrons. The molecule has 0 saturated carbocycles. The van der Waals surface area contributed by atoms with Gasteiger partial charge >= 0.3 is 6.18 Å². The highest BCUT2D eigenvalue weighted by atomic mass is 32.1. The van der Waals surface area contributed by atoms with Crippen LogP contribution in [0.2, 0.25) is 0 Å². The minimum atomic E-state index is -4.39. The maximum atomic E-state index is 12.7. The van der Waals surface area contributed by atoms with Crippen LogP contribution in [-0.2, 0) is 22.2 Å². The molecule has 0 aliphatic heterocycles. The average Bonchev–Trinajstić information content (AvgIpc) is 2.99. The normalized spacial score (nSPS) is 11.2. The Morgan fingerprint density at radius 2 is 2.00 bits per heavy atom. The molecule has 1 aromatic heterocycles. The van der Waals surface area contributed by atoms with Crippen molar-refractivity contribution in [3.63, 3.8) is 0 Å². The summed E-state index contributed by atoms with van der Waals surface area (Å²) in [6.07, 6.45) is -2.64. The highest BCUT2D eigenvalue weighted by molar-refractivity contribution is 7.15. The van der Waals surface area contributed by atoms with Gasteiger partial charge in [-0.1, -0.05) is 18.2 Å². The number of nitrogens with one attached hydrogen (secondary N) is 2. The second kappa shape index (κ2) is 8.08. The van der Waals surface area contributed by atoms with Crippen LogP contribution in [0.5, 0.6) is 0 Å². The van der Waals surface area contributed by atoms with E-state index in [1.165, 1.54) is 12.3 Å². The Hall–Kier alpha value is -2.46. The molecule has 134 valence electrons. The molecule has 0 saturated heterocycles. The Kier molecular flexibility index (Phi) is 6.10. The lowest BCUT2D eigenvalue weighted by molar-refractivity contribution is -0.137. The van der Waals surface area contributed by atoms with Gasteiger partial charge in [-0.2, -0.15) is 13.2 Å². The molecular weight excluding hydrogens is 357 g/mol. The summed E-state index contributed by atoms with van der Waals surface area (Å²) in [4.78, 5) is 27.3. The smallest absolute Gasteiger partial charge is 0.346 e. The fourth-order valence-electron chi connectivity index (χ4n) is 1.92. The molecule has 0 spiro atoms. The quantitative estimate of drug-likeness (QED) is 0.720. The van der Waals surface area contributed by atoms with Crippen LogP contribution >= 0.6 is 11.3 Å². The molecule has 0 aliphatic carbocycles. The van der Waals surface area contributed by atoms with Crippen molar-refractivity contribution in [3.8, 4) is 0 Å². The lowest BCUT2D eigenvalue weighted by Crippen LogP contribution is -2.36. The number of hydrogen-bond donors (Lipinski definition) is 3. The summed E-state index contributed by atoms with van der Waals surface area (Å²) >= 11 is 1.15. The van der Waals surface area contributed by atoms with E-state index >= 15 is 0 Å². The number of rotatable bonds is 6. The summed E-state index contributed by atoms with van der Waals surface area (Å²) in [5, 5.41) is 5.11. The molecule has 2 rings (SSSR count). The molecule has 0 bridgehead atoms. The van der Waals surface area contributed by atoms with Crippen LogP contribution in [0.1, 0.15) is 16.0 Å². The standard InChI is InChI=1S/C15H15F3N4O2S/c16-15(17,18)10-3-1-2-9(4-10)5-11-7-21-14(25-11)22-13(24)8-20-12(23)6-19/h1-4,7H,5-6,8,19H2,(H,20,23)(H,21,22,24). The molecule has 0 aliphatic rings. The topological polar surface area (TPSA) is 97.1 Å². The van der Waals surface area contributed by atoms with E-state index in [-0.39, 0.29) is 19.5 Å². The Bertz CT molecular complexity index is 761. The predicted molar refractivity (Wildman–Crippen MR) is 87.1 cm³/mol. The van der Waals surface area contributed by atoms with Gasteiger partial charge in [0, 0.05) is 17.5 Å². The van der Waals surface area contributed by atoms with Crippen molar-refractivity contribution in [1.82, 2.24) is 10.3 Å². The van der Waals surface area contributed by atoms with E-state index in [2.05, 4.69) is 15.6 Å². The van der Waals surface area contributed by atoms with Gasteiger partial charge in [0.1, 0.15) is 0 Å². The summed E-state index contributed by atoms with van der Waals surface area (Å²) in [7, 11) is 0. The first-order valence-electron chi connectivity index (χ1n) is 7.15. The van der Waals surface area contributed by atoms with Crippen molar-refractivity contribution in [1.29, 1.82) is 0 Å². The fourth-order valence-corrected chi connectivity index (χ4v) is 2.78. The van der Waals surface area contributed by atoms with Gasteiger partial charge in [0.05, 0.1) is 18.7 Å². The maximum Gasteiger partial charge on any atom is 0.416 e. The van der Waals surface area contributed by atoms with Gasteiger partial charge in [0.25, 0.3) is 0 Å². The van der Waals surface area contributed by atoms with Gasteiger partial charge in [-0.05, 0) is 11.6 Å². The van der Waals surface area contributed by atoms with Crippen LogP contribution in [-0.4, -0.2) is 29.9 Å². The van der Waals surface area contributed by atoms with E-state index in [0.29, 0.717) is 15.6 Å². The third kappa shape index (κ3) is 5.84. The van der Waals surface area contributed by atoms with Gasteiger partial charge in [0.15, 0.2) is 5.13 Å². The molecule has 1 aromatic carbocycles. The number of benzene rings is 1. The third-order valence-electron chi connectivity index (χ3n) is 3.06. The molecule has 1 heterocycles. The number of aromatic nitrogens is 1. The van der Waals surface area contributed by atoms with Crippen molar-refractivity contribution >= 4 is 28.3 Å². The SMILES string of the molecule is NCC(=O)NCC(=O)Nc1ncc(Cc2cccc(C(F)(F)F)c2)s1. The van der Waals surface area contributed by atoms with Gasteiger partial charge < -0.3 is 16.4 Å². The van der Waals surface area contributed by atoms with Gasteiger partial charge in [-0.15, -0.1) is 11.3 Å². The molecule has 0 unspecified atom stereocenters. The number of amides is 2. The number of nitrogens with two attached hydrogens (primary N) is 1. The molecular formula is C15H15F3N4O2S. The van der Waals surface area contributed by atoms with Gasteiger partial charge in [-0.25, -0.2) is 4.98 Å². The lowest BCUT2D eigenvalue weighted by Gasteiger charge is -2.07. The Morgan fingerprint density at radius 1 is 1.24 bits per heavy atom. The van der Waals surface area contributed by atoms with E-state index < -0.39 is 23.6 Å². The van der Waals surface area contributed by atoms with E-state index in [0.717, 1.165) is 23.5 Å². The summed E-state index contributed by atoms with van der Waals surface area (Å²) < 4.78 is 38.1. The van der Waals surface area contributed by atoms with Crippen LogP contribution in [0, 0.1) is 0 Å². The average molecular weight is 372 g/mol. The van der Waals surface area contributed by atoms with E-state index in [1.807, 2.05) is 0 Å². The first-order chi connectivity index (χ1) is 11.8. The van der Waals surface area contributed by atoms with Crippen LogP contribution < -0.4 is 16.4 Å².